The zero-order valence-electron chi connectivity index (χ0n) is 6.37. The second kappa shape index (κ2) is 3.30. The van der Waals surface area contributed by atoms with Crippen LogP contribution in [0.1, 0.15) is 0 Å². The van der Waals surface area contributed by atoms with Crippen molar-refractivity contribution in [3.05, 3.63) is 0 Å². The molecule has 4 nitrogen and oxygen atoms in total. The molecule has 0 spiro atoms. The normalized spacial score (nSPS) is 36.3. The molecule has 1 saturated heterocycles. The standard InChI is InChI=1S/C6H14N2O2/c1-7-5-6(9)8(2)3-4-10-5/h5-7,9H,3-4H2,1-2H3/t5?,6-/m0/s1. The van der Waals surface area contributed by atoms with Crippen molar-refractivity contribution < 1.29 is 9.84 Å². The van der Waals surface area contributed by atoms with E-state index in [1.807, 2.05) is 11.9 Å². The van der Waals surface area contributed by atoms with Gasteiger partial charge in [0, 0.05) is 6.54 Å². The average Bonchev–Trinajstić information content (AvgIpc) is 1.95. The largest absolute Gasteiger partial charge is 0.374 e. The SMILES string of the molecule is CNC1OCCN(C)[C@H]1O. The van der Waals surface area contributed by atoms with Crippen LogP contribution in [0.5, 0.6) is 0 Å². The molecule has 60 valence electrons. The van der Waals surface area contributed by atoms with Crippen LogP contribution in [-0.4, -0.2) is 49.7 Å². The Morgan fingerprint density at radius 3 is 2.90 bits per heavy atom. The van der Waals surface area contributed by atoms with Crippen LogP contribution in [0.4, 0.5) is 0 Å². The van der Waals surface area contributed by atoms with E-state index in [2.05, 4.69) is 5.32 Å². The monoisotopic (exact) mass is 146 g/mol. The highest BCUT2D eigenvalue weighted by Gasteiger charge is 2.26. The third kappa shape index (κ3) is 1.46. The number of nitrogens with one attached hydrogen (secondary N) is 1. The first-order chi connectivity index (χ1) is 4.75. The van der Waals surface area contributed by atoms with Crippen molar-refractivity contribution >= 4 is 0 Å². The van der Waals surface area contributed by atoms with Gasteiger partial charge in [0.05, 0.1) is 6.61 Å². The molecular weight excluding hydrogens is 132 g/mol. The van der Waals surface area contributed by atoms with E-state index in [1.165, 1.54) is 0 Å². The molecule has 10 heavy (non-hydrogen) atoms. The molecule has 0 aromatic heterocycles. The fourth-order valence-corrected chi connectivity index (χ4v) is 1.01. The Kier molecular flexibility index (Phi) is 2.62. The van der Waals surface area contributed by atoms with E-state index in [1.54, 1.807) is 7.05 Å². The van der Waals surface area contributed by atoms with E-state index in [4.69, 9.17) is 4.74 Å². The molecule has 0 radical (unpaired) electrons. The molecule has 1 rings (SSSR count). The van der Waals surface area contributed by atoms with Gasteiger partial charge in [0.2, 0.25) is 0 Å². The van der Waals surface area contributed by atoms with E-state index in [9.17, 15) is 5.11 Å². The third-order valence-corrected chi connectivity index (χ3v) is 1.75. The smallest absolute Gasteiger partial charge is 0.147 e. The number of nitrogens with zero attached hydrogens (tertiary/aromatic N) is 1. The lowest BCUT2D eigenvalue weighted by molar-refractivity contribution is -0.156. The zero-order valence-corrected chi connectivity index (χ0v) is 6.37. The number of morpholine rings is 1. The van der Waals surface area contributed by atoms with Crippen molar-refractivity contribution in [2.75, 3.05) is 27.2 Å². The molecule has 1 aliphatic heterocycles. The Labute approximate surface area is 60.8 Å². The Balaban J connectivity index is 2.42. The van der Waals surface area contributed by atoms with Crippen LogP contribution >= 0.6 is 0 Å². The lowest BCUT2D eigenvalue weighted by Gasteiger charge is -2.34. The van der Waals surface area contributed by atoms with Crippen LogP contribution in [0.3, 0.4) is 0 Å². The zero-order chi connectivity index (χ0) is 7.56. The lowest BCUT2D eigenvalue weighted by Crippen LogP contribution is -2.54. The molecule has 2 N–H and O–H groups in total. The molecule has 1 unspecified atom stereocenters. The summed E-state index contributed by atoms with van der Waals surface area (Å²) in [7, 11) is 3.64. The minimum atomic E-state index is -0.515. The Bertz CT molecular complexity index is 110. The van der Waals surface area contributed by atoms with E-state index in [0.29, 0.717) is 6.61 Å². The number of aliphatic hydroxyl groups is 1. The van der Waals surface area contributed by atoms with Gasteiger partial charge in [0.1, 0.15) is 12.5 Å². The Hall–Kier alpha value is -0.160. The molecule has 4 heteroatoms. The maximum Gasteiger partial charge on any atom is 0.147 e. The third-order valence-electron chi connectivity index (χ3n) is 1.75. The molecule has 0 saturated carbocycles. The quantitative estimate of drug-likeness (QED) is 0.488. The van der Waals surface area contributed by atoms with E-state index >= 15 is 0 Å². The van der Waals surface area contributed by atoms with Gasteiger partial charge in [-0.3, -0.25) is 10.2 Å². The summed E-state index contributed by atoms with van der Waals surface area (Å²) in [6.45, 7) is 1.47. The molecule has 0 bridgehead atoms. The highest BCUT2D eigenvalue weighted by Crippen LogP contribution is 2.05. The van der Waals surface area contributed by atoms with Crippen LogP contribution in [-0.2, 0) is 4.74 Å². The summed E-state index contributed by atoms with van der Waals surface area (Å²) in [6.07, 6.45) is -0.752. The van der Waals surface area contributed by atoms with E-state index < -0.39 is 6.23 Å². The van der Waals surface area contributed by atoms with Gasteiger partial charge in [0.25, 0.3) is 0 Å². The van der Waals surface area contributed by atoms with Crippen molar-refractivity contribution in [3.8, 4) is 0 Å². The first-order valence-corrected chi connectivity index (χ1v) is 3.43. The van der Waals surface area contributed by atoms with Gasteiger partial charge >= 0.3 is 0 Å². The number of aliphatic hydroxyl groups excluding tert-OH is 1. The molecule has 1 fully saturated rings. The van der Waals surface area contributed by atoms with Crippen LogP contribution in [0.15, 0.2) is 0 Å². The van der Waals surface area contributed by atoms with Gasteiger partial charge in [-0.15, -0.1) is 0 Å². The van der Waals surface area contributed by atoms with Gasteiger partial charge in [-0.05, 0) is 14.1 Å². The summed E-state index contributed by atoms with van der Waals surface area (Å²) < 4.78 is 5.21. The highest BCUT2D eigenvalue weighted by atomic mass is 16.5. The molecule has 0 aliphatic carbocycles. The molecule has 2 atom stereocenters. The number of hydrogen-bond acceptors (Lipinski definition) is 4. The highest BCUT2D eigenvalue weighted by molar-refractivity contribution is 4.69. The van der Waals surface area contributed by atoms with E-state index in [0.717, 1.165) is 6.54 Å². The van der Waals surface area contributed by atoms with Gasteiger partial charge in [0.15, 0.2) is 0 Å². The van der Waals surface area contributed by atoms with Crippen molar-refractivity contribution in [2.24, 2.45) is 0 Å². The fraction of sp³-hybridized carbons (Fsp3) is 1.00. The maximum atomic E-state index is 9.38. The minimum Gasteiger partial charge on any atom is -0.374 e. The summed E-state index contributed by atoms with van der Waals surface area (Å²) in [5.41, 5.74) is 0. The fourth-order valence-electron chi connectivity index (χ4n) is 1.01. The molecule has 1 aliphatic rings. The van der Waals surface area contributed by atoms with Crippen LogP contribution in [0, 0.1) is 0 Å². The van der Waals surface area contributed by atoms with Crippen molar-refractivity contribution in [2.45, 2.75) is 12.5 Å². The second-order valence-corrected chi connectivity index (χ2v) is 2.47. The topological polar surface area (TPSA) is 44.7 Å². The van der Waals surface area contributed by atoms with Crippen LogP contribution < -0.4 is 5.32 Å². The molecule has 0 aromatic rings. The number of likely N-dealkylation sites (N-methyl/N-ethyl adjacent to an activating group) is 2. The Morgan fingerprint density at radius 1 is 1.70 bits per heavy atom. The number of rotatable bonds is 1. The van der Waals surface area contributed by atoms with E-state index in [-0.39, 0.29) is 6.23 Å². The summed E-state index contributed by atoms with van der Waals surface area (Å²) in [6, 6.07) is 0. The first-order valence-electron chi connectivity index (χ1n) is 3.43. The predicted molar refractivity (Wildman–Crippen MR) is 37.4 cm³/mol. The second-order valence-electron chi connectivity index (χ2n) is 2.47. The average molecular weight is 146 g/mol. The van der Waals surface area contributed by atoms with Gasteiger partial charge in [-0.2, -0.15) is 0 Å². The minimum absolute atomic E-state index is 0.237. The van der Waals surface area contributed by atoms with Crippen molar-refractivity contribution in [3.63, 3.8) is 0 Å². The number of ether oxygens (including phenoxy) is 1. The lowest BCUT2D eigenvalue weighted by atomic mass is 10.3. The van der Waals surface area contributed by atoms with Gasteiger partial charge in [-0.25, -0.2) is 0 Å². The Morgan fingerprint density at radius 2 is 2.40 bits per heavy atom. The summed E-state index contributed by atoms with van der Waals surface area (Å²) in [4.78, 5) is 1.85. The van der Waals surface area contributed by atoms with Crippen molar-refractivity contribution in [1.29, 1.82) is 0 Å². The maximum absolute atomic E-state index is 9.38. The van der Waals surface area contributed by atoms with Crippen LogP contribution in [0.2, 0.25) is 0 Å². The summed E-state index contributed by atoms with van der Waals surface area (Å²) in [5.74, 6) is 0. The van der Waals surface area contributed by atoms with Gasteiger partial charge in [-0.1, -0.05) is 0 Å². The predicted octanol–water partition coefficient (Wildman–Crippen LogP) is -1.19. The summed E-state index contributed by atoms with van der Waals surface area (Å²) in [5, 5.41) is 12.2. The van der Waals surface area contributed by atoms with Gasteiger partial charge < -0.3 is 9.84 Å². The molecule has 1 heterocycles. The summed E-state index contributed by atoms with van der Waals surface area (Å²) >= 11 is 0. The number of hydrogen-bond donors (Lipinski definition) is 2. The molecule has 0 aromatic carbocycles. The van der Waals surface area contributed by atoms with Crippen LogP contribution in [0.25, 0.3) is 0 Å². The molecule has 0 amide bonds. The first kappa shape index (κ1) is 7.94. The van der Waals surface area contributed by atoms with Crippen molar-refractivity contribution in [1.82, 2.24) is 10.2 Å². The molecular formula is C6H14N2O2.